The van der Waals surface area contributed by atoms with Gasteiger partial charge in [-0.05, 0) is 68.7 Å². The Morgan fingerprint density at radius 1 is 1.14 bits per heavy atom. The average Bonchev–Trinajstić information content (AvgIpc) is 3.32. The minimum Gasteiger partial charge on any atom is -0.366 e. The van der Waals surface area contributed by atoms with Gasteiger partial charge in [-0.25, -0.2) is 4.98 Å². The fourth-order valence-electron chi connectivity index (χ4n) is 5.24. The molecule has 0 saturated heterocycles. The van der Waals surface area contributed by atoms with Crippen LogP contribution in [0.15, 0.2) is 24.4 Å². The summed E-state index contributed by atoms with van der Waals surface area (Å²) in [5.41, 5.74) is 2.30. The molecule has 2 saturated carbocycles. The van der Waals surface area contributed by atoms with Crippen molar-refractivity contribution >= 4 is 23.4 Å². The highest BCUT2D eigenvalue weighted by Gasteiger charge is 2.39. The van der Waals surface area contributed by atoms with Crippen LogP contribution in [-0.4, -0.2) is 39.4 Å². The summed E-state index contributed by atoms with van der Waals surface area (Å²) in [5.74, 6) is 0.0507. The Bertz CT molecular complexity index is 1120. The summed E-state index contributed by atoms with van der Waals surface area (Å²) in [7, 11) is 0. The van der Waals surface area contributed by atoms with E-state index in [1.54, 1.807) is 0 Å². The van der Waals surface area contributed by atoms with Crippen LogP contribution >= 0.6 is 0 Å². The van der Waals surface area contributed by atoms with Crippen molar-refractivity contribution in [2.75, 3.05) is 17.2 Å². The fraction of sp³-hybridized carbons (Fsp3) is 0.577. The molecule has 1 aliphatic heterocycles. The number of rotatable bonds is 8. The van der Waals surface area contributed by atoms with Crippen LogP contribution in [0.25, 0.3) is 0 Å². The Morgan fingerprint density at radius 3 is 2.64 bits per heavy atom. The molecule has 2 atom stereocenters. The number of hydrogen-bond donors (Lipinski definition) is 3. The van der Waals surface area contributed by atoms with Crippen LogP contribution in [0.4, 0.5) is 30.6 Å². The smallest absolute Gasteiger partial charge is 0.366 e. The van der Waals surface area contributed by atoms with Gasteiger partial charge in [-0.15, -0.1) is 0 Å². The number of halogens is 3. The molecule has 5 rings (SSSR count). The van der Waals surface area contributed by atoms with Crippen LogP contribution in [0.5, 0.6) is 0 Å². The lowest BCUT2D eigenvalue weighted by Crippen LogP contribution is -2.41. The highest BCUT2D eigenvalue weighted by atomic mass is 19.4. The van der Waals surface area contributed by atoms with Crippen LogP contribution in [0.3, 0.4) is 0 Å². The van der Waals surface area contributed by atoms with Gasteiger partial charge < -0.3 is 16.0 Å². The lowest BCUT2D eigenvalue weighted by atomic mass is 10.0. The minimum atomic E-state index is -4.62. The van der Waals surface area contributed by atoms with E-state index in [1.165, 1.54) is 24.0 Å². The normalized spacial score (nSPS) is 22.1. The Balaban J connectivity index is 1.33. The second-order valence-corrected chi connectivity index (χ2v) is 10.6. The van der Waals surface area contributed by atoms with Crippen molar-refractivity contribution < 1.29 is 18.0 Å². The average molecular weight is 503 g/mol. The van der Waals surface area contributed by atoms with Gasteiger partial charge in [-0.1, -0.05) is 12.5 Å². The highest BCUT2D eigenvalue weighted by molar-refractivity contribution is 5.80. The molecular formula is C26H33F3N6O. The number of fused-ring (bicyclic) bond motifs is 1. The lowest BCUT2D eigenvalue weighted by Gasteiger charge is -2.24. The summed E-state index contributed by atoms with van der Waals surface area (Å²) in [4.78, 5) is 23.2. The standard InChI is InChI=1S/C26H33F3N6O/c1-15(2)31-24(36)20-4-3-5-22(20)33-23-21(26(27,28)29)11-30-25(34-23)32-19-9-8-17-13-35(12-16-6-7-16)14-18(17)10-19/h8-11,15-16,20,22H,3-7,12-14H2,1-2H3,(H,31,36)(H2,30,32,33,34)/t20-,22+/m0/s1. The quantitative estimate of drug-likeness (QED) is 0.468. The molecule has 1 aromatic heterocycles. The minimum absolute atomic E-state index is 0.0348. The molecule has 3 aliphatic rings. The number of nitrogens with one attached hydrogen (secondary N) is 3. The first kappa shape index (κ1) is 24.8. The van der Waals surface area contributed by atoms with E-state index in [9.17, 15) is 18.0 Å². The van der Waals surface area contributed by atoms with Crippen molar-refractivity contribution in [1.82, 2.24) is 20.2 Å². The van der Waals surface area contributed by atoms with E-state index < -0.39 is 23.7 Å². The third kappa shape index (κ3) is 5.74. The number of carbonyl (C=O) groups is 1. The molecule has 0 radical (unpaired) electrons. The summed E-state index contributed by atoms with van der Waals surface area (Å²) in [6.45, 7) is 6.66. The first-order valence-electron chi connectivity index (χ1n) is 12.8. The SMILES string of the molecule is CC(C)NC(=O)[C@H]1CCC[C@H]1Nc1nc(Nc2ccc3c(c2)CN(CC2CC2)C3)ncc1C(F)(F)F. The zero-order chi connectivity index (χ0) is 25.4. The first-order chi connectivity index (χ1) is 17.2. The van der Waals surface area contributed by atoms with Gasteiger partial charge >= 0.3 is 6.18 Å². The third-order valence-electron chi connectivity index (χ3n) is 7.16. The topological polar surface area (TPSA) is 82.2 Å². The van der Waals surface area contributed by atoms with Gasteiger partial charge in [0, 0.05) is 43.6 Å². The zero-order valence-electron chi connectivity index (χ0n) is 20.7. The maximum absolute atomic E-state index is 13.8. The van der Waals surface area contributed by atoms with Crippen molar-refractivity contribution in [1.29, 1.82) is 0 Å². The Hall–Kier alpha value is -2.88. The number of carbonyl (C=O) groups excluding carboxylic acids is 1. The molecule has 2 fully saturated rings. The summed E-state index contributed by atoms with van der Waals surface area (Å²) in [5, 5.41) is 8.89. The third-order valence-corrected chi connectivity index (χ3v) is 7.16. The molecule has 194 valence electrons. The van der Waals surface area contributed by atoms with Gasteiger partial charge in [-0.3, -0.25) is 9.69 Å². The molecule has 36 heavy (non-hydrogen) atoms. The number of anilines is 3. The summed E-state index contributed by atoms with van der Waals surface area (Å²) in [6.07, 6.45) is 0.798. The Morgan fingerprint density at radius 2 is 1.92 bits per heavy atom. The fourth-order valence-corrected chi connectivity index (χ4v) is 5.24. The van der Waals surface area contributed by atoms with E-state index in [0.717, 1.165) is 43.9 Å². The number of nitrogens with zero attached hydrogens (tertiary/aromatic N) is 3. The van der Waals surface area contributed by atoms with Crippen molar-refractivity contribution in [2.45, 2.75) is 77.3 Å². The molecule has 2 aromatic rings. The number of aromatic nitrogens is 2. The van der Waals surface area contributed by atoms with E-state index in [-0.39, 0.29) is 23.7 Å². The van der Waals surface area contributed by atoms with Gasteiger partial charge in [0.1, 0.15) is 11.4 Å². The number of hydrogen-bond acceptors (Lipinski definition) is 6. The largest absolute Gasteiger partial charge is 0.421 e. The Kier molecular flexibility index (Phi) is 6.80. The highest BCUT2D eigenvalue weighted by Crippen LogP contribution is 2.37. The van der Waals surface area contributed by atoms with E-state index >= 15 is 0 Å². The van der Waals surface area contributed by atoms with Gasteiger partial charge in [0.25, 0.3) is 0 Å². The van der Waals surface area contributed by atoms with E-state index in [0.29, 0.717) is 12.8 Å². The molecule has 7 nitrogen and oxygen atoms in total. The van der Waals surface area contributed by atoms with Crippen molar-refractivity contribution in [3.8, 4) is 0 Å². The maximum atomic E-state index is 13.8. The van der Waals surface area contributed by atoms with E-state index in [4.69, 9.17) is 0 Å². The first-order valence-corrected chi connectivity index (χ1v) is 12.8. The van der Waals surface area contributed by atoms with Crippen LogP contribution in [-0.2, 0) is 24.1 Å². The molecule has 0 bridgehead atoms. The molecule has 1 amide bonds. The van der Waals surface area contributed by atoms with Crippen molar-refractivity contribution in [3.63, 3.8) is 0 Å². The van der Waals surface area contributed by atoms with Crippen LogP contribution in [0.2, 0.25) is 0 Å². The number of amides is 1. The van der Waals surface area contributed by atoms with Gasteiger partial charge in [0.05, 0.1) is 5.92 Å². The predicted molar refractivity (Wildman–Crippen MR) is 132 cm³/mol. The number of alkyl halides is 3. The predicted octanol–water partition coefficient (Wildman–Crippen LogP) is 5.07. The van der Waals surface area contributed by atoms with E-state index in [2.05, 4.69) is 36.9 Å². The van der Waals surface area contributed by atoms with Gasteiger partial charge in [-0.2, -0.15) is 18.2 Å². The van der Waals surface area contributed by atoms with Crippen molar-refractivity contribution in [2.24, 2.45) is 11.8 Å². The molecule has 2 aliphatic carbocycles. The molecule has 3 N–H and O–H groups in total. The van der Waals surface area contributed by atoms with Crippen molar-refractivity contribution in [3.05, 3.63) is 41.1 Å². The maximum Gasteiger partial charge on any atom is 0.421 e. The van der Waals surface area contributed by atoms with Crippen LogP contribution in [0.1, 0.15) is 62.6 Å². The lowest BCUT2D eigenvalue weighted by molar-refractivity contribution is -0.137. The molecule has 0 spiro atoms. The van der Waals surface area contributed by atoms with Crippen LogP contribution < -0.4 is 16.0 Å². The second kappa shape index (κ2) is 9.88. The monoisotopic (exact) mass is 502 g/mol. The molecular weight excluding hydrogens is 469 g/mol. The summed E-state index contributed by atoms with van der Waals surface area (Å²) >= 11 is 0. The zero-order valence-corrected chi connectivity index (χ0v) is 20.7. The van der Waals surface area contributed by atoms with Gasteiger partial charge in [0.2, 0.25) is 11.9 Å². The summed E-state index contributed by atoms with van der Waals surface area (Å²) < 4.78 is 41.3. The van der Waals surface area contributed by atoms with Crippen LogP contribution in [0, 0.1) is 11.8 Å². The summed E-state index contributed by atoms with van der Waals surface area (Å²) in [6, 6.07) is 5.54. The molecule has 2 heterocycles. The Labute approximate surface area is 209 Å². The molecule has 10 heteroatoms. The number of benzene rings is 1. The molecule has 1 aromatic carbocycles. The van der Waals surface area contributed by atoms with E-state index in [1.807, 2.05) is 26.0 Å². The second-order valence-electron chi connectivity index (χ2n) is 10.6. The van der Waals surface area contributed by atoms with Gasteiger partial charge in [0.15, 0.2) is 0 Å². The molecule has 0 unspecified atom stereocenters.